The Balaban J connectivity index is 1.40. The predicted octanol–water partition coefficient (Wildman–Crippen LogP) is 3.11. The predicted molar refractivity (Wildman–Crippen MR) is 86.2 cm³/mol. The second kappa shape index (κ2) is 6.87. The van der Waals surface area contributed by atoms with Gasteiger partial charge in [-0.3, -0.25) is 0 Å². The topological polar surface area (TPSA) is 24.1 Å². The molecule has 2 aromatic carbocycles. The summed E-state index contributed by atoms with van der Waals surface area (Å²) in [4.78, 5) is 0. The largest absolute Gasteiger partial charge is 0.316 e. The van der Waals surface area contributed by atoms with Crippen molar-refractivity contribution in [1.29, 1.82) is 0 Å². The summed E-state index contributed by atoms with van der Waals surface area (Å²) in [5, 5.41) is 9.84. The summed E-state index contributed by atoms with van der Waals surface area (Å²) >= 11 is 0. The SMILES string of the molecule is c1ccc2c(CCNCCCNC3CC3)cccc2c1. The number of rotatable bonds is 8. The van der Waals surface area contributed by atoms with Crippen molar-refractivity contribution in [3.05, 3.63) is 48.0 Å². The standard InChI is InChI=1S/C18H24N2/c1-2-8-18-15(5-1)6-3-7-16(18)11-14-19-12-4-13-20-17-9-10-17/h1-3,5-8,17,19-20H,4,9-14H2. The van der Waals surface area contributed by atoms with Gasteiger partial charge in [-0.1, -0.05) is 42.5 Å². The van der Waals surface area contributed by atoms with E-state index in [0.29, 0.717) is 0 Å². The Bertz CT molecular complexity index is 541. The van der Waals surface area contributed by atoms with Gasteiger partial charge in [-0.25, -0.2) is 0 Å². The highest BCUT2D eigenvalue weighted by atomic mass is 14.9. The van der Waals surface area contributed by atoms with Gasteiger partial charge >= 0.3 is 0 Å². The highest BCUT2D eigenvalue weighted by Gasteiger charge is 2.19. The fraction of sp³-hybridized carbons (Fsp3) is 0.444. The summed E-state index contributed by atoms with van der Waals surface area (Å²) in [7, 11) is 0. The lowest BCUT2D eigenvalue weighted by Gasteiger charge is -2.08. The Morgan fingerprint density at radius 1 is 0.900 bits per heavy atom. The maximum absolute atomic E-state index is 3.55. The first kappa shape index (κ1) is 13.6. The lowest BCUT2D eigenvalue weighted by Crippen LogP contribution is -2.24. The Morgan fingerprint density at radius 3 is 2.65 bits per heavy atom. The first-order valence-corrected chi connectivity index (χ1v) is 7.84. The van der Waals surface area contributed by atoms with Crippen LogP contribution in [0.3, 0.4) is 0 Å². The van der Waals surface area contributed by atoms with Crippen LogP contribution in [0.5, 0.6) is 0 Å². The molecule has 2 aromatic rings. The number of hydrogen-bond donors (Lipinski definition) is 2. The smallest absolute Gasteiger partial charge is 0.00682 e. The molecule has 106 valence electrons. The van der Waals surface area contributed by atoms with E-state index in [-0.39, 0.29) is 0 Å². The molecule has 2 heteroatoms. The molecule has 0 radical (unpaired) electrons. The molecule has 0 heterocycles. The molecule has 0 spiro atoms. The number of fused-ring (bicyclic) bond motifs is 1. The first-order chi connectivity index (χ1) is 9.93. The van der Waals surface area contributed by atoms with Crippen molar-refractivity contribution in [2.24, 2.45) is 0 Å². The van der Waals surface area contributed by atoms with Crippen molar-refractivity contribution in [1.82, 2.24) is 10.6 Å². The molecule has 3 rings (SSSR count). The average molecular weight is 268 g/mol. The molecule has 1 aliphatic carbocycles. The minimum absolute atomic E-state index is 0.839. The lowest BCUT2D eigenvalue weighted by molar-refractivity contribution is 0.594. The molecule has 20 heavy (non-hydrogen) atoms. The van der Waals surface area contributed by atoms with Gasteiger partial charge in [0, 0.05) is 6.04 Å². The summed E-state index contributed by atoms with van der Waals surface area (Å²) in [5.41, 5.74) is 1.45. The fourth-order valence-corrected chi connectivity index (χ4v) is 2.67. The van der Waals surface area contributed by atoms with Crippen molar-refractivity contribution in [2.45, 2.75) is 31.7 Å². The van der Waals surface area contributed by atoms with Crippen LogP contribution in [0.15, 0.2) is 42.5 Å². The molecule has 0 bridgehead atoms. The molecule has 0 unspecified atom stereocenters. The maximum atomic E-state index is 3.55. The molecule has 0 aliphatic heterocycles. The molecule has 1 aliphatic rings. The van der Waals surface area contributed by atoms with Crippen LogP contribution in [0.2, 0.25) is 0 Å². The molecular formula is C18H24N2. The molecule has 0 saturated heterocycles. The fourth-order valence-electron chi connectivity index (χ4n) is 2.67. The van der Waals surface area contributed by atoms with E-state index in [1.54, 1.807) is 0 Å². The van der Waals surface area contributed by atoms with Crippen LogP contribution in [-0.2, 0) is 6.42 Å². The van der Waals surface area contributed by atoms with Crippen molar-refractivity contribution in [3.8, 4) is 0 Å². The van der Waals surface area contributed by atoms with Crippen molar-refractivity contribution >= 4 is 10.8 Å². The van der Waals surface area contributed by atoms with Gasteiger partial charge in [0.2, 0.25) is 0 Å². The third-order valence-electron chi connectivity index (χ3n) is 3.99. The van der Waals surface area contributed by atoms with Gasteiger partial charge in [0.1, 0.15) is 0 Å². The number of benzene rings is 2. The van der Waals surface area contributed by atoms with Gasteiger partial charge in [0.15, 0.2) is 0 Å². The van der Waals surface area contributed by atoms with E-state index in [2.05, 4.69) is 53.1 Å². The van der Waals surface area contributed by atoms with Crippen molar-refractivity contribution in [2.75, 3.05) is 19.6 Å². The highest BCUT2D eigenvalue weighted by Crippen LogP contribution is 2.19. The lowest BCUT2D eigenvalue weighted by atomic mass is 10.0. The van der Waals surface area contributed by atoms with Gasteiger partial charge in [-0.15, -0.1) is 0 Å². The molecule has 1 saturated carbocycles. The summed E-state index contributed by atoms with van der Waals surface area (Å²) in [5.74, 6) is 0. The quantitative estimate of drug-likeness (QED) is 0.719. The third kappa shape index (κ3) is 3.81. The Labute approximate surface area is 121 Å². The second-order valence-electron chi connectivity index (χ2n) is 5.72. The maximum Gasteiger partial charge on any atom is 0.00682 e. The Hall–Kier alpha value is -1.38. The molecule has 2 nitrogen and oxygen atoms in total. The van der Waals surface area contributed by atoms with E-state index in [9.17, 15) is 0 Å². The van der Waals surface area contributed by atoms with E-state index < -0.39 is 0 Å². The minimum Gasteiger partial charge on any atom is -0.316 e. The van der Waals surface area contributed by atoms with E-state index in [4.69, 9.17) is 0 Å². The summed E-state index contributed by atoms with van der Waals surface area (Å²) in [6.07, 6.45) is 5.10. The zero-order valence-electron chi connectivity index (χ0n) is 12.1. The van der Waals surface area contributed by atoms with Gasteiger partial charge in [-0.05, 0) is 61.7 Å². The molecule has 1 fully saturated rings. The summed E-state index contributed by atoms with van der Waals surface area (Å²) < 4.78 is 0. The number of hydrogen-bond acceptors (Lipinski definition) is 2. The van der Waals surface area contributed by atoms with Gasteiger partial charge in [0.05, 0.1) is 0 Å². The Morgan fingerprint density at radius 2 is 1.75 bits per heavy atom. The zero-order chi connectivity index (χ0) is 13.6. The van der Waals surface area contributed by atoms with Crippen molar-refractivity contribution < 1.29 is 0 Å². The minimum atomic E-state index is 0.839. The number of nitrogens with one attached hydrogen (secondary N) is 2. The molecule has 0 amide bonds. The van der Waals surface area contributed by atoms with E-state index in [0.717, 1.165) is 32.1 Å². The molecular weight excluding hydrogens is 244 g/mol. The van der Waals surface area contributed by atoms with Gasteiger partial charge < -0.3 is 10.6 Å². The average Bonchev–Trinajstić information content (AvgIpc) is 3.30. The van der Waals surface area contributed by atoms with E-state index >= 15 is 0 Å². The monoisotopic (exact) mass is 268 g/mol. The second-order valence-corrected chi connectivity index (χ2v) is 5.72. The van der Waals surface area contributed by atoms with Crippen LogP contribution in [0.1, 0.15) is 24.8 Å². The van der Waals surface area contributed by atoms with Crippen molar-refractivity contribution in [3.63, 3.8) is 0 Å². The highest BCUT2D eigenvalue weighted by molar-refractivity contribution is 5.85. The van der Waals surface area contributed by atoms with Gasteiger partial charge in [-0.2, -0.15) is 0 Å². The van der Waals surface area contributed by atoms with Crippen LogP contribution in [-0.4, -0.2) is 25.7 Å². The van der Waals surface area contributed by atoms with Crippen LogP contribution in [0.25, 0.3) is 10.8 Å². The molecule has 0 aromatic heterocycles. The van der Waals surface area contributed by atoms with E-state index in [1.807, 2.05) is 0 Å². The first-order valence-electron chi connectivity index (χ1n) is 7.84. The molecule has 0 atom stereocenters. The third-order valence-corrected chi connectivity index (χ3v) is 3.99. The van der Waals surface area contributed by atoms with Crippen LogP contribution >= 0.6 is 0 Å². The van der Waals surface area contributed by atoms with Gasteiger partial charge in [0.25, 0.3) is 0 Å². The van der Waals surface area contributed by atoms with Crippen LogP contribution in [0.4, 0.5) is 0 Å². The van der Waals surface area contributed by atoms with E-state index in [1.165, 1.54) is 35.6 Å². The molecule has 2 N–H and O–H groups in total. The summed E-state index contributed by atoms with van der Waals surface area (Å²) in [6, 6.07) is 16.1. The summed E-state index contributed by atoms with van der Waals surface area (Å²) in [6.45, 7) is 3.34. The zero-order valence-corrected chi connectivity index (χ0v) is 12.1. The normalized spacial score (nSPS) is 14.8. The van der Waals surface area contributed by atoms with Crippen LogP contribution in [0, 0.1) is 0 Å². The van der Waals surface area contributed by atoms with Crippen LogP contribution < -0.4 is 10.6 Å². The Kier molecular flexibility index (Phi) is 4.67.